The van der Waals surface area contributed by atoms with Gasteiger partial charge in [0.05, 0.1) is 13.7 Å². The zero-order valence-electron chi connectivity index (χ0n) is 10.8. The summed E-state index contributed by atoms with van der Waals surface area (Å²) < 4.78 is 11.0. The summed E-state index contributed by atoms with van der Waals surface area (Å²) in [6.45, 7) is 3.71. The second-order valence-corrected chi connectivity index (χ2v) is 4.95. The zero-order valence-corrected chi connectivity index (χ0v) is 11.6. The van der Waals surface area contributed by atoms with Crippen LogP contribution in [0.5, 0.6) is 11.5 Å². The van der Waals surface area contributed by atoms with E-state index in [1.165, 1.54) is 5.56 Å². The lowest BCUT2D eigenvalue weighted by Crippen LogP contribution is -2.06. The second kappa shape index (κ2) is 8.25. The first-order valence-electron chi connectivity index (χ1n) is 5.83. The minimum Gasteiger partial charge on any atom is -0.493 e. The fourth-order valence-corrected chi connectivity index (χ4v) is 1.99. The topological polar surface area (TPSA) is 30.5 Å². The van der Waals surface area contributed by atoms with Gasteiger partial charge in [-0.3, -0.25) is 0 Å². The van der Waals surface area contributed by atoms with Gasteiger partial charge >= 0.3 is 0 Å². The van der Waals surface area contributed by atoms with Gasteiger partial charge in [0.2, 0.25) is 0 Å². The number of ether oxygens (including phenoxy) is 2. The molecule has 0 spiro atoms. The number of benzene rings is 1. The molecule has 0 aliphatic rings. The van der Waals surface area contributed by atoms with Crippen molar-refractivity contribution in [1.82, 2.24) is 5.32 Å². The predicted molar refractivity (Wildman–Crippen MR) is 74.3 cm³/mol. The monoisotopic (exact) mass is 255 g/mol. The molecule has 3 nitrogen and oxygen atoms in total. The van der Waals surface area contributed by atoms with Crippen molar-refractivity contribution in [3.05, 3.63) is 23.8 Å². The Morgan fingerprint density at radius 2 is 2.12 bits per heavy atom. The number of hydrogen-bond donors (Lipinski definition) is 1. The lowest BCUT2D eigenvalue weighted by molar-refractivity contribution is 0.313. The SMILES string of the molecule is CCSCCOc1cc(CNC)ccc1OC. The molecule has 0 radical (unpaired) electrons. The van der Waals surface area contributed by atoms with Crippen molar-refractivity contribution in [1.29, 1.82) is 0 Å². The van der Waals surface area contributed by atoms with Gasteiger partial charge in [0, 0.05) is 12.3 Å². The third-order valence-corrected chi connectivity index (χ3v) is 3.16. The van der Waals surface area contributed by atoms with E-state index in [2.05, 4.69) is 12.2 Å². The lowest BCUT2D eigenvalue weighted by Gasteiger charge is -2.12. The Balaban J connectivity index is 2.62. The first kappa shape index (κ1) is 14.2. The Kier molecular flexibility index (Phi) is 6.89. The molecule has 0 bridgehead atoms. The van der Waals surface area contributed by atoms with E-state index >= 15 is 0 Å². The number of thioether (sulfide) groups is 1. The summed E-state index contributed by atoms with van der Waals surface area (Å²) in [6.07, 6.45) is 0. The van der Waals surface area contributed by atoms with Crippen LogP contribution in [0.4, 0.5) is 0 Å². The van der Waals surface area contributed by atoms with Crippen LogP contribution < -0.4 is 14.8 Å². The van der Waals surface area contributed by atoms with Crippen LogP contribution in [0.1, 0.15) is 12.5 Å². The van der Waals surface area contributed by atoms with Gasteiger partial charge < -0.3 is 14.8 Å². The number of nitrogens with one attached hydrogen (secondary N) is 1. The Morgan fingerprint density at radius 3 is 2.76 bits per heavy atom. The summed E-state index contributed by atoms with van der Waals surface area (Å²) >= 11 is 1.88. The zero-order chi connectivity index (χ0) is 12.5. The minimum atomic E-state index is 0.720. The van der Waals surface area contributed by atoms with Gasteiger partial charge in [-0.15, -0.1) is 0 Å². The molecular weight excluding hydrogens is 234 g/mol. The normalized spacial score (nSPS) is 10.3. The Labute approximate surface area is 108 Å². The summed E-state index contributed by atoms with van der Waals surface area (Å²) in [5.74, 6) is 3.76. The van der Waals surface area contributed by atoms with E-state index in [-0.39, 0.29) is 0 Å². The van der Waals surface area contributed by atoms with Crippen molar-refractivity contribution >= 4 is 11.8 Å². The summed E-state index contributed by atoms with van der Waals surface area (Å²) in [6, 6.07) is 6.03. The van der Waals surface area contributed by atoms with Crippen LogP contribution in [0.25, 0.3) is 0 Å². The van der Waals surface area contributed by atoms with Crippen LogP contribution in [-0.4, -0.2) is 32.3 Å². The van der Waals surface area contributed by atoms with E-state index in [0.717, 1.165) is 36.2 Å². The van der Waals surface area contributed by atoms with Gasteiger partial charge in [-0.1, -0.05) is 13.0 Å². The molecule has 17 heavy (non-hydrogen) atoms. The van der Waals surface area contributed by atoms with E-state index in [9.17, 15) is 0 Å². The third-order valence-electron chi connectivity index (χ3n) is 2.30. The third kappa shape index (κ3) is 4.88. The van der Waals surface area contributed by atoms with Gasteiger partial charge in [0.1, 0.15) is 0 Å². The molecule has 96 valence electrons. The molecule has 1 rings (SSSR count). The lowest BCUT2D eigenvalue weighted by atomic mass is 10.2. The number of methoxy groups -OCH3 is 1. The molecule has 4 heteroatoms. The maximum Gasteiger partial charge on any atom is 0.161 e. The fourth-order valence-electron chi connectivity index (χ4n) is 1.50. The molecule has 0 saturated carbocycles. The van der Waals surface area contributed by atoms with Crippen LogP contribution in [0.2, 0.25) is 0 Å². The quantitative estimate of drug-likeness (QED) is 0.723. The maximum atomic E-state index is 5.74. The summed E-state index contributed by atoms with van der Waals surface area (Å²) in [5, 5.41) is 3.12. The minimum absolute atomic E-state index is 0.720. The first-order chi connectivity index (χ1) is 8.31. The molecule has 0 aromatic heterocycles. The van der Waals surface area contributed by atoms with Crippen LogP contribution in [0, 0.1) is 0 Å². The molecule has 1 aromatic rings. The molecule has 0 aliphatic carbocycles. The maximum absolute atomic E-state index is 5.74. The van der Waals surface area contributed by atoms with Crippen LogP contribution in [0.3, 0.4) is 0 Å². The molecule has 0 saturated heterocycles. The number of rotatable bonds is 8. The van der Waals surface area contributed by atoms with Crippen LogP contribution in [0.15, 0.2) is 18.2 Å². The standard InChI is InChI=1S/C13H21NO2S/c1-4-17-8-7-16-13-9-11(10-14-2)5-6-12(13)15-3/h5-6,9,14H,4,7-8,10H2,1-3H3. The summed E-state index contributed by atoms with van der Waals surface area (Å²) in [5.41, 5.74) is 1.20. The molecule has 0 fully saturated rings. The molecular formula is C13H21NO2S. The Morgan fingerprint density at radius 1 is 1.29 bits per heavy atom. The van der Waals surface area contributed by atoms with Crippen molar-refractivity contribution in [3.8, 4) is 11.5 Å². The van der Waals surface area contributed by atoms with Gasteiger partial charge in [-0.05, 0) is 30.5 Å². The van der Waals surface area contributed by atoms with Gasteiger partial charge in [-0.25, -0.2) is 0 Å². The molecule has 0 heterocycles. The second-order valence-electron chi connectivity index (χ2n) is 3.56. The van der Waals surface area contributed by atoms with E-state index in [4.69, 9.17) is 9.47 Å². The van der Waals surface area contributed by atoms with Crippen LogP contribution in [-0.2, 0) is 6.54 Å². The van der Waals surface area contributed by atoms with Crippen molar-refractivity contribution < 1.29 is 9.47 Å². The Bertz CT molecular complexity index is 331. The molecule has 1 aromatic carbocycles. The van der Waals surface area contributed by atoms with Crippen molar-refractivity contribution in [2.45, 2.75) is 13.5 Å². The smallest absolute Gasteiger partial charge is 0.161 e. The summed E-state index contributed by atoms with van der Waals surface area (Å²) in [7, 11) is 3.60. The van der Waals surface area contributed by atoms with Crippen molar-refractivity contribution in [3.63, 3.8) is 0 Å². The van der Waals surface area contributed by atoms with Crippen molar-refractivity contribution in [2.24, 2.45) is 0 Å². The first-order valence-corrected chi connectivity index (χ1v) is 6.99. The average Bonchev–Trinajstić information content (AvgIpc) is 2.35. The molecule has 0 aliphatic heterocycles. The highest BCUT2D eigenvalue weighted by molar-refractivity contribution is 7.99. The Hall–Kier alpha value is -0.870. The molecule has 0 unspecified atom stereocenters. The highest BCUT2D eigenvalue weighted by Gasteiger charge is 2.05. The number of hydrogen-bond acceptors (Lipinski definition) is 4. The van der Waals surface area contributed by atoms with E-state index in [0.29, 0.717) is 0 Å². The summed E-state index contributed by atoms with van der Waals surface area (Å²) in [4.78, 5) is 0. The average molecular weight is 255 g/mol. The van der Waals surface area contributed by atoms with Gasteiger partial charge in [-0.2, -0.15) is 11.8 Å². The molecule has 1 N–H and O–H groups in total. The largest absolute Gasteiger partial charge is 0.493 e. The van der Waals surface area contributed by atoms with Crippen LogP contribution >= 0.6 is 11.8 Å². The highest BCUT2D eigenvalue weighted by atomic mass is 32.2. The van der Waals surface area contributed by atoms with Gasteiger partial charge in [0.25, 0.3) is 0 Å². The van der Waals surface area contributed by atoms with Gasteiger partial charge in [0.15, 0.2) is 11.5 Å². The fraction of sp³-hybridized carbons (Fsp3) is 0.538. The predicted octanol–water partition coefficient (Wildman–Crippen LogP) is 2.55. The molecule has 0 amide bonds. The van der Waals surface area contributed by atoms with E-state index < -0.39 is 0 Å². The molecule has 0 atom stereocenters. The van der Waals surface area contributed by atoms with E-state index in [1.54, 1.807) is 7.11 Å². The van der Waals surface area contributed by atoms with E-state index in [1.807, 2.05) is 37.0 Å². The van der Waals surface area contributed by atoms with Crippen molar-refractivity contribution in [2.75, 3.05) is 32.3 Å². The highest BCUT2D eigenvalue weighted by Crippen LogP contribution is 2.28.